The summed E-state index contributed by atoms with van der Waals surface area (Å²) in [4.78, 5) is 29.5. The molecule has 0 spiro atoms. The number of hydrogen-bond donors (Lipinski definition) is 0. The summed E-state index contributed by atoms with van der Waals surface area (Å²) in [6.07, 6.45) is 0. The number of hydrogen-bond acceptors (Lipinski definition) is 5. The lowest BCUT2D eigenvalue weighted by Gasteiger charge is -2.04. The molecule has 4 nitrogen and oxygen atoms in total. The number of ketones is 1. The van der Waals surface area contributed by atoms with Crippen LogP contribution in [0.3, 0.4) is 0 Å². The van der Waals surface area contributed by atoms with E-state index in [1.54, 1.807) is 23.9 Å². The second-order valence-corrected chi connectivity index (χ2v) is 6.18. The summed E-state index contributed by atoms with van der Waals surface area (Å²) in [6.45, 7) is 4.80. The average molecular weight is 327 g/mol. The van der Waals surface area contributed by atoms with E-state index < -0.39 is 5.97 Å². The van der Waals surface area contributed by atoms with E-state index in [1.807, 2.05) is 12.1 Å². The van der Waals surface area contributed by atoms with Crippen LogP contribution in [0.1, 0.15) is 29.8 Å². The molecule has 0 bridgehead atoms. The second kappa shape index (κ2) is 7.74. The van der Waals surface area contributed by atoms with Gasteiger partial charge in [-0.3, -0.25) is 4.79 Å². The molecule has 0 radical (unpaired) electrons. The highest BCUT2D eigenvalue weighted by atomic mass is 32.2. The van der Waals surface area contributed by atoms with Gasteiger partial charge < -0.3 is 4.84 Å². The fourth-order valence-corrected chi connectivity index (χ4v) is 2.62. The van der Waals surface area contributed by atoms with Crippen LogP contribution in [0.2, 0.25) is 0 Å². The maximum absolute atomic E-state index is 12.1. The molecule has 2 aromatic rings. The van der Waals surface area contributed by atoms with Crippen molar-refractivity contribution >= 4 is 29.2 Å². The molecule has 0 aliphatic rings. The summed E-state index contributed by atoms with van der Waals surface area (Å²) in [5.41, 5.74) is 1.86. The van der Waals surface area contributed by atoms with Crippen LogP contribution in [0, 0.1) is 6.92 Å². The number of carbonyl (C=O) groups is 2. The molecule has 0 amide bonds. The van der Waals surface area contributed by atoms with Crippen LogP contribution in [-0.4, -0.2) is 17.5 Å². The van der Waals surface area contributed by atoms with E-state index in [4.69, 9.17) is 0 Å². The van der Waals surface area contributed by atoms with Gasteiger partial charge in [-0.15, -0.1) is 0 Å². The molecule has 0 saturated carbocycles. The van der Waals surface area contributed by atoms with Gasteiger partial charge >= 0.3 is 5.97 Å². The van der Waals surface area contributed by atoms with E-state index in [1.165, 1.54) is 19.4 Å². The average Bonchev–Trinajstić information content (AvgIpc) is 2.55. The maximum Gasteiger partial charge on any atom is 0.331 e. The number of rotatable bonds is 5. The Morgan fingerprint density at radius 3 is 1.96 bits per heavy atom. The van der Waals surface area contributed by atoms with Gasteiger partial charge in [-0.1, -0.05) is 34.6 Å². The molecule has 118 valence electrons. The van der Waals surface area contributed by atoms with Crippen LogP contribution in [0.25, 0.3) is 0 Å². The Hall–Kier alpha value is -2.40. The van der Waals surface area contributed by atoms with E-state index >= 15 is 0 Å². The largest absolute Gasteiger partial charge is 0.331 e. The van der Waals surface area contributed by atoms with Crippen LogP contribution in [0.4, 0.5) is 0 Å². The standard InChI is InChI=1S/C18H17NO3S/c1-12-4-8-16(9-5-12)23-17-10-6-15(7-11-17)18(21)13(2)19-22-14(3)20/h4-11H,1-3H3/b19-13+. The number of oxime groups is 1. The van der Waals surface area contributed by atoms with Crippen molar-refractivity contribution in [1.29, 1.82) is 0 Å². The number of Topliss-reactive ketones (excluding diaryl/α,β-unsaturated/α-hetero) is 1. The molecule has 0 saturated heterocycles. The topological polar surface area (TPSA) is 55.7 Å². The summed E-state index contributed by atoms with van der Waals surface area (Å²) in [7, 11) is 0. The number of benzene rings is 2. The fraction of sp³-hybridized carbons (Fsp3) is 0.167. The molecule has 0 atom stereocenters. The Kier molecular flexibility index (Phi) is 5.71. The van der Waals surface area contributed by atoms with E-state index in [9.17, 15) is 9.59 Å². The van der Waals surface area contributed by atoms with Gasteiger partial charge in [0.05, 0.1) is 0 Å². The lowest BCUT2D eigenvalue weighted by atomic mass is 10.1. The Balaban J connectivity index is 2.06. The van der Waals surface area contributed by atoms with Crippen molar-refractivity contribution in [2.75, 3.05) is 0 Å². The summed E-state index contributed by atoms with van der Waals surface area (Å²) < 4.78 is 0. The quantitative estimate of drug-likeness (QED) is 0.356. The number of nitrogens with zero attached hydrogens (tertiary/aromatic N) is 1. The van der Waals surface area contributed by atoms with E-state index in [-0.39, 0.29) is 11.5 Å². The van der Waals surface area contributed by atoms with Crippen LogP contribution < -0.4 is 0 Å². The fourth-order valence-electron chi connectivity index (χ4n) is 1.80. The van der Waals surface area contributed by atoms with Gasteiger partial charge in [0.1, 0.15) is 5.71 Å². The van der Waals surface area contributed by atoms with Gasteiger partial charge in [-0.05, 0) is 50.2 Å². The zero-order valence-electron chi connectivity index (χ0n) is 13.2. The molecule has 0 N–H and O–H groups in total. The number of carbonyl (C=O) groups excluding carboxylic acids is 2. The summed E-state index contributed by atoms with van der Waals surface area (Å²) in [5.74, 6) is -0.819. The summed E-state index contributed by atoms with van der Waals surface area (Å²) >= 11 is 1.63. The van der Waals surface area contributed by atoms with Crippen LogP contribution >= 0.6 is 11.8 Å². The molecule has 0 aliphatic carbocycles. The molecular formula is C18H17NO3S. The van der Waals surface area contributed by atoms with Crippen LogP contribution in [0.15, 0.2) is 63.5 Å². The highest BCUT2D eigenvalue weighted by molar-refractivity contribution is 7.99. The van der Waals surface area contributed by atoms with Crippen molar-refractivity contribution in [3.63, 3.8) is 0 Å². The van der Waals surface area contributed by atoms with Gasteiger partial charge in [0.2, 0.25) is 5.78 Å². The van der Waals surface area contributed by atoms with Gasteiger partial charge in [0.25, 0.3) is 0 Å². The van der Waals surface area contributed by atoms with Gasteiger partial charge in [0.15, 0.2) is 0 Å². The van der Waals surface area contributed by atoms with Crippen molar-refractivity contribution in [1.82, 2.24) is 0 Å². The first-order valence-electron chi connectivity index (χ1n) is 7.07. The molecule has 23 heavy (non-hydrogen) atoms. The smallest absolute Gasteiger partial charge is 0.318 e. The first-order valence-corrected chi connectivity index (χ1v) is 7.89. The molecule has 0 unspecified atom stereocenters. The van der Waals surface area contributed by atoms with Crippen LogP contribution in [0.5, 0.6) is 0 Å². The lowest BCUT2D eigenvalue weighted by Crippen LogP contribution is -2.11. The predicted octanol–water partition coefficient (Wildman–Crippen LogP) is 4.27. The Labute approximate surface area is 139 Å². The van der Waals surface area contributed by atoms with Gasteiger partial charge in [-0.2, -0.15) is 0 Å². The van der Waals surface area contributed by atoms with Crippen molar-refractivity contribution in [3.8, 4) is 0 Å². The molecule has 0 aliphatic heterocycles. The Morgan fingerprint density at radius 1 is 0.913 bits per heavy atom. The van der Waals surface area contributed by atoms with E-state index in [0.29, 0.717) is 5.56 Å². The molecule has 2 aromatic carbocycles. The normalized spacial score (nSPS) is 11.2. The predicted molar refractivity (Wildman–Crippen MR) is 90.9 cm³/mol. The monoisotopic (exact) mass is 327 g/mol. The van der Waals surface area contributed by atoms with Gasteiger partial charge in [0, 0.05) is 22.3 Å². The minimum absolute atomic E-state index is 0.138. The second-order valence-electron chi connectivity index (χ2n) is 5.03. The van der Waals surface area contributed by atoms with Crippen molar-refractivity contribution < 1.29 is 14.4 Å². The highest BCUT2D eigenvalue weighted by Crippen LogP contribution is 2.27. The van der Waals surface area contributed by atoms with Crippen molar-refractivity contribution in [2.24, 2.45) is 5.16 Å². The lowest BCUT2D eigenvalue weighted by molar-refractivity contribution is -0.140. The zero-order valence-corrected chi connectivity index (χ0v) is 14.0. The summed E-state index contributed by atoms with van der Waals surface area (Å²) in [6, 6.07) is 15.5. The molecule has 0 aromatic heterocycles. The third-order valence-corrected chi connectivity index (χ3v) is 4.03. The van der Waals surface area contributed by atoms with E-state index in [0.717, 1.165) is 9.79 Å². The molecular weight excluding hydrogens is 310 g/mol. The first kappa shape index (κ1) is 17.0. The zero-order chi connectivity index (χ0) is 16.8. The van der Waals surface area contributed by atoms with Crippen molar-refractivity contribution in [3.05, 3.63) is 59.7 Å². The first-order chi connectivity index (χ1) is 11.0. The van der Waals surface area contributed by atoms with Gasteiger partial charge in [-0.25, -0.2) is 4.79 Å². The molecule has 5 heteroatoms. The Morgan fingerprint density at radius 2 is 1.43 bits per heavy atom. The molecule has 2 rings (SSSR count). The minimum atomic E-state index is -0.554. The minimum Gasteiger partial charge on any atom is -0.318 e. The maximum atomic E-state index is 12.1. The Bertz CT molecular complexity index is 734. The molecule has 0 fully saturated rings. The van der Waals surface area contributed by atoms with Crippen molar-refractivity contribution in [2.45, 2.75) is 30.6 Å². The summed E-state index contributed by atoms with van der Waals surface area (Å²) in [5, 5.41) is 3.51. The third-order valence-electron chi connectivity index (χ3n) is 3.01. The van der Waals surface area contributed by atoms with E-state index in [2.05, 4.69) is 41.2 Å². The van der Waals surface area contributed by atoms with Crippen LogP contribution in [-0.2, 0) is 9.63 Å². The third kappa shape index (κ3) is 5.07. The highest BCUT2D eigenvalue weighted by Gasteiger charge is 2.11. The number of aryl methyl sites for hydroxylation is 1. The molecule has 0 heterocycles. The SMILES string of the molecule is CC(=O)O/N=C(\C)C(=O)c1ccc(Sc2ccc(C)cc2)cc1.